The molecule has 0 atom stereocenters. The minimum atomic E-state index is -3.52. The lowest BCUT2D eigenvalue weighted by molar-refractivity contribution is 0.392. The zero-order valence-corrected chi connectivity index (χ0v) is 13.2. The molecule has 6 nitrogen and oxygen atoms in total. The van der Waals surface area contributed by atoms with E-state index in [9.17, 15) is 8.42 Å². The number of aryl methyl sites for hydroxylation is 1. The summed E-state index contributed by atoms with van der Waals surface area (Å²) in [5.41, 5.74) is 2.04. The van der Waals surface area contributed by atoms with E-state index < -0.39 is 10.0 Å². The highest BCUT2D eigenvalue weighted by Gasteiger charge is 2.23. The number of hydrogen-bond acceptors (Lipinski definition) is 4. The Labute approximate surface area is 128 Å². The first kappa shape index (κ1) is 14.6. The fraction of sp³-hybridized carbons (Fsp3) is 0.267. The van der Waals surface area contributed by atoms with Crippen molar-refractivity contribution in [3.63, 3.8) is 0 Å². The highest BCUT2D eigenvalue weighted by molar-refractivity contribution is 7.92. The molecular formula is C15H17N3O3S. The third kappa shape index (κ3) is 2.71. The number of sulfonamides is 1. The van der Waals surface area contributed by atoms with Gasteiger partial charge in [-0.1, -0.05) is 5.16 Å². The van der Waals surface area contributed by atoms with Crippen molar-refractivity contribution in [2.75, 3.05) is 10.8 Å². The molecule has 0 radical (unpaired) electrons. The number of benzene rings is 1. The van der Waals surface area contributed by atoms with Gasteiger partial charge < -0.3 is 9.51 Å². The standard InChI is InChI=1S/C15H17N3O3S/c1-3-18(14-4-5-15-12(9-14)6-7-16-15)22(19,20)10-13-8-11(2)21-17-13/h4-9,16H,3,10H2,1-2H3. The second kappa shape index (κ2) is 5.49. The number of hydrogen-bond donors (Lipinski definition) is 1. The predicted molar refractivity (Wildman–Crippen MR) is 85.2 cm³/mol. The average Bonchev–Trinajstić information content (AvgIpc) is 3.07. The molecule has 3 rings (SSSR count). The van der Waals surface area contributed by atoms with Gasteiger partial charge in [-0.15, -0.1) is 0 Å². The molecule has 0 saturated carbocycles. The van der Waals surface area contributed by atoms with Crippen LogP contribution in [0.1, 0.15) is 18.4 Å². The van der Waals surface area contributed by atoms with Gasteiger partial charge in [0.25, 0.3) is 0 Å². The maximum atomic E-state index is 12.7. The first-order valence-corrected chi connectivity index (χ1v) is 8.60. The third-order valence-electron chi connectivity index (χ3n) is 3.45. The fourth-order valence-corrected chi connectivity index (χ4v) is 3.98. The average molecular weight is 319 g/mol. The van der Waals surface area contributed by atoms with E-state index in [0.717, 1.165) is 10.9 Å². The summed E-state index contributed by atoms with van der Waals surface area (Å²) >= 11 is 0. The third-order valence-corrected chi connectivity index (χ3v) is 5.26. The lowest BCUT2D eigenvalue weighted by Gasteiger charge is -2.22. The van der Waals surface area contributed by atoms with Crippen molar-refractivity contribution in [2.45, 2.75) is 19.6 Å². The predicted octanol–water partition coefficient (Wildman–Crippen LogP) is 2.82. The summed E-state index contributed by atoms with van der Waals surface area (Å²) in [6.07, 6.45) is 1.83. The van der Waals surface area contributed by atoms with Crippen LogP contribution in [0.5, 0.6) is 0 Å². The molecule has 0 amide bonds. The van der Waals surface area contributed by atoms with Crippen LogP contribution in [0.15, 0.2) is 41.1 Å². The van der Waals surface area contributed by atoms with Crippen LogP contribution in [0.4, 0.5) is 5.69 Å². The molecule has 2 aromatic heterocycles. The van der Waals surface area contributed by atoms with Crippen LogP contribution < -0.4 is 4.31 Å². The van der Waals surface area contributed by atoms with E-state index in [4.69, 9.17) is 4.52 Å². The van der Waals surface area contributed by atoms with Crippen LogP contribution >= 0.6 is 0 Å². The quantitative estimate of drug-likeness (QED) is 0.784. The number of nitrogens with zero attached hydrogens (tertiary/aromatic N) is 2. The Morgan fingerprint density at radius 1 is 1.27 bits per heavy atom. The number of aromatic nitrogens is 2. The Balaban J connectivity index is 1.94. The van der Waals surface area contributed by atoms with Gasteiger partial charge in [0.15, 0.2) is 0 Å². The molecule has 0 aliphatic carbocycles. The van der Waals surface area contributed by atoms with E-state index in [1.807, 2.05) is 31.3 Å². The van der Waals surface area contributed by atoms with Crippen molar-refractivity contribution in [1.29, 1.82) is 0 Å². The molecule has 22 heavy (non-hydrogen) atoms. The zero-order chi connectivity index (χ0) is 15.7. The first-order valence-electron chi connectivity index (χ1n) is 6.99. The second-order valence-corrected chi connectivity index (χ2v) is 6.99. The van der Waals surface area contributed by atoms with Crippen LogP contribution in [0.3, 0.4) is 0 Å². The second-order valence-electron chi connectivity index (χ2n) is 5.10. The number of aromatic amines is 1. The van der Waals surface area contributed by atoms with Crippen molar-refractivity contribution in [3.8, 4) is 0 Å². The fourth-order valence-electron chi connectivity index (χ4n) is 2.49. The zero-order valence-electron chi connectivity index (χ0n) is 12.4. The molecule has 0 fully saturated rings. The van der Waals surface area contributed by atoms with E-state index in [1.165, 1.54) is 4.31 Å². The summed E-state index contributed by atoms with van der Waals surface area (Å²) in [4.78, 5) is 3.09. The normalized spacial score (nSPS) is 11.9. The lowest BCUT2D eigenvalue weighted by atomic mass is 10.2. The van der Waals surface area contributed by atoms with Crippen LogP contribution in [-0.4, -0.2) is 25.1 Å². The summed E-state index contributed by atoms with van der Waals surface area (Å²) in [6.45, 7) is 3.91. The summed E-state index contributed by atoms with van der Waals surface area (Å²) in [7, 11) is -3.52. The molecule has 7 heteroatoms. The molecule has 0 spiro atoms. The molecule has 0 aliphatic heterocycles. The van der Waals surface area contributed by atoms with Crippen molar-refractivity contribution in [3.05, 3.63) is 48.0 Å². The van der Waals surface area contributed by atoms with E-state index in [0.29, 0.717) is 23.7 Å². The summed E-state index contributed by atoms with van der Waals surface area (Å²) in [5.74, 6) is 0.422. The number of anilines is 1. The van der Waals surface area contributed by atoms with Gasteiger partial charge in [-0.3, -0.25) is 4.31 Å². The van der Waals surface area contributed by atoms with Gasteiger partial charge in [0.1, 0.15) is 17.2 Å². The number of nitrogens with one attached hydrogen (secondary N) is 1. The molecule has 1 aromatic carbocycles. The van der Waals surface area contributed by atoms with Crippen LogP contribution in [0.2, 0.25) is 0 Å². The molecule has 1 N–H and O–H groups in total. The maximum Gasteiger partial charge on any atom is 0.241 e. The summed E-state index contributed by atoms with van der Waals surface area (Å²) in [6, 6.07) is 9.10. The lowest BCUT2D eigenvalue weighted by Crippen LogP contribution is -2.31. The van der Waals surface area contributed by atoms with Crippen molar-refractivity contribution in [2.24, 2.45) is 0 Å². The van der Waals surface area contributed by atoms with E-state index in [-0.39, 0.29) is 5.75 Å². The Kier molecular flexibility index (Phi) is 3.66. The van der Waals surface area contributed by atoms with Crippen molar-refractivity contribution >= 4 is 26.6 Å². The molecule has 2 heterocycles. The van der Waals surface area contributed by atoms with Gasteiger partial charge in [0.2, 0.25) is 10.0 Å². The molecule has 0 aliphatic rings. The van der Waals surface area contributed by atoms with Gasteiger partial charge in [-0.25, -0.2) is 8.42 Å². The smallest absolute Gasteiger partial charge is 0.241 e. The Hall–Kier alpha value is -2.28. The largest absolute Gasteiger partial charge is 0.361 e. The Bertz CT molecular complexity index is 896. The molecule has 0 unspecified atom stereocenters. The van der Waals surface area contributed by atoms with E-state index >= 15 is 0 Å². The monoisotopic (exact) mass is 319 g/mol. The van der Waals surface area contributed by atoms with Gasteiger partial charge in [0, 0.05) is 29.7 Å². The number of H-pyrrole nitrogens is 1. The SMILES string of the molecule is CCN(c1ccc2[nH]ccc2c1)S(=O)(=O)Cc1cc(C)on1. The van der Waals surface area contributed by atoms with Gasteiger partial charge in [-0.2, -0.15) is 0 Å². The van der Waals surface area contributed by atoms with Crippen LogP contribution in [-0.2, 0) is 15.8 Å². The number of rotatable bonds is 5. The first-order chi connectivity index (χ1) is 10.5. The molecule has 116 valence electrons. The van der Waals surface area contributed by atoms with Crippen molar-refractivity contribution in [1.82, 2.24) is 10.1 Å². The molecular weight excluding hydrogens is 302 g/mol. The van der Waals surface area contributed by atoms with Gasteiger partial charge >= 0.3 is 0 Å². The summed E-state index contributed by atoms with van der Waals surface area (Å²) in [5, 5.41) is 4.74. The van der Waals surface area contributed by atoms with Crippen LogP contribution in [0.25, 0.3) is 10.9 Å². The van der Waals surface area contributed by atoms with Gasteiger partial charge in [-0.05, 0) is 38.1 Å². The van der Waals surface area contributed by atoms with Gasteiger partial charge in [0.05, 0.1) is 5.69 Å². The molecule has 0 saturated heterocycles. The Morgan fingerprint density at radius 2 is 2.09 bits per heavy atom. The van der Waals surface area contributed by atoms with E-state index in [2.05, 4.69) is 10.1 Å². The van der Waals surface area contributed by atoms with E-state index in [1.54, 1.807) is 19.1 Å². The Morgan fingerprint density at radius 3 is 2.77 bits per heavy atom. The minimum Gasteiger partial charge on any atom is -0.361 e. The maximum absolute atomic E-state index is 12.7. The topological polar surface area (TPSA) is 79.2 Å². The number of fused-ring (bicyclic) bond motifs is 1. The molecule has 3 aromatic rings. The highest BCUT2D eigenvalue weighted by Crippen LogP contribution is 2.25. The minimum absolute atomic E-state index is 0.177. The molecule has 0 bridgehead atoms. The highest BCUT2D eigenvalue weighted by atomic mass is 32.2. The summed E-state index contributed by atoms with van der Waals surface area (Å²) < 4.78 is 31.6. The van der Waals surface area contributed by atoms with Crippen molar-refractivity contribution < 1.29 is 12.9 Å². The van der Waals surface area contributed by atoms with Crippen LogP contribution in [0, 0.1) is 6.92 Å².